The Balaban J connectivity index is 1.52. The first-order valence-corrected chi connectivity index (χ1v) is 9.56. The molecule has 1 atom stereocenters. The summed E-state index contributed by atoms with van der Waals surface area (Å²) in [6.07, 6.45) is 1.17. The van der Waals surface area contributed by atoms with Gasteiger partial charge in [-0.2, -0.15) is 0 Å². The third kappa shape index (κ3) is 4.69. The van der Waals surface area contributed by atoms with Crippen molar-refractivity contribution >= 4 is 0 Å². The van der Waals surface area contributed by atoms with E-state index in [1.54, 1.807) is 0 Å². The van der Waals surface area contributed by atoms with Crippen LogP contribution in [0.4, 0.5) is 0 Å². The summed E-state index contributed by atoms with van der Waals surface area (Å²) >= 11 is 0. The van der Waals surface area contributed by atoms with Crippen molar-refractivity contribution in [2.75, 3.05) is 13.1 Å². The summed E-state index contributed by atoms with van der Waals surface area (Å²) < 4.78 is 12.3. The molecule has 1 fully saturated rings. The Bertz CT molecular complexity index is 843. The highest BCUT2D eigenvalue weighted by Crippen LogP contribution is 2.34. The lowest BCUT2D eigenvalue weighted by Crippen LogP contribution is -2.08. The third-order valence-electron chi connectivity index (χ3n) is 4.97. The van der Waals surface area contributed by atoms with Crippen molar-refractivity contribution < 1.29 is 9.47 Å². The molecule has 138 valence electrons. The van der Waals surface area contributed by atoms with Crippen LogP contribution >= 0.6 is 0 Å². The predicted octanol–water partition coefficient (Wildman–Crippen LogP) is 4.92. The van der Waals surface area contributed by atoms with E-state index in [0.29, 0.717) is 19.1 Å². The van der Waals surface area contributed by atoms with Crippen molar-refractivity contribution in [1.29, 1.82) is 0 Å². The Kier molecular flexibility index (Phi) is 5.70. The SMILES string of the molecule is c1ccc(COc2ccc(C3CCNC3)cc2OCc2ccccc2)cc1. The topological polar surface area (TPSA) is 30.5 Å². The van der Waals surface area contributed by atoms with Crippen LogP contribution in [0.3, 0.4) is 0 Å². The van der Waals surface area contributed by atoms with Crippen LogP contribution in [0, 0.1) is 0 Å². The van der Waals surface area contributed by atoms with Gasteiger partial charge in [-0.25, -0.2) is 0 Å². The predicted molar refractivity (Wildman–Crippen MR) is 108 cm³/mol. The second-order valence-corrected chi connectivity index (χ2v) is 6.94. The van der Waals surface area contributed by atoms with E-state index >= 15 is 0 Å². The lowest BCUT2D eigenvalue weighted by atomic mass is 9.98. The zero-order valence-electron chi connectivity index (χ0n) is 15.4. The molecule has 1 aliphatic rings. The maximum absolute atomic E-state index is 6.17. The maximum atomic E-state index is 6.17. The van der Waals surface area contributed by atoms with Crippen molar-refractivity contribution in [3.8, 4) is 11.5 Å². The molecule has 1 saturated heterocycles. The van der Waals surface area contributed by atoms with Gasteiger partial charge >= 0.3 is 0 Å². The number of hydrogen-bond acceptors (Lipinski definition) is 3. The molecule has 3 aromatic carbocycles. The van der Waals surface area contributed by atoms with Gasteiger partial charge in [0, 0.05) is 6.54 Å². The van der Waals surface area contributed by atoms with Gasteiger partial charge in [0.05, 0.1) is 0 Å². The molecule has 27 heavy (non-hydrogen) atoms. The molecule has 0 amide bonds. The van der Waals surface area contributed by atoms with Crippen molar-refractivity contribution in [3.05, 3.63) is 95.6 Å². The normalized spacial score (nSPS) is 16.2. The van der Waals surface area contributed by atoms with Gasteiger partial charge in [-0.3, -0.25) is 0 Å². The average Bonchev–Trinajstić information content (AvgIpc) is 3.27. The van der Waals surface area contributed by atoms with Crippen LogP contribution in [0.15, 0.2) is 78.9 Å². The van der Waals surface area contributed by atoms with E-state index in [2.05, 4.69) is 47.8 Å². The molecule has 3 heteroatoms. The molecule has 3 nitrogen and oxygen atoms in total. The molecular formula is C24H25NO2. The standard InChI is InChI=1S/C24H25NO2/c1-3-7-19(8-4-1)17-26-23-12-11-21(22-13-14-25-16-22)15-24(23)27-18-20-9-5-2-6-10-20/h1-12,15,22,25H,13-14,16-18H2. The summed E-state index contributed by atoms with van der Waals surface area (Å²) in [5, 5.41) is 3.44. The highest BCUT2D eigenvalue weighted by Gasteiger charge is 2.18. The molecule has 4 rings (SSSR count). The first-order valence-electron chi connectivity index (χ1n) is 9.56. The lowest BCUT2D eigenvalue weighted by Gasteiger charge is -2.16. The largest absolute Gasteiger partial charge is 0.485 e. The number of rotatable bonds is 7. The lowest BCUT2D eigenvalue weighted by molar-refractivity contribution is 0.255. The molecule has 0 aromatic heterocycles. The monoisotopic (exact) mass is 359 g/mol. The quantitative estimate of drug-likeness (QED) is 0.649. The highest BCUT2D eigenvalue weighted by atomic mass is 16.5. The molecule has 0 aliphatic carbocycles. The summed E-state index contributed by atoms with van der Waals surface area (Å²) in [5.41, 5.74) is 3.62. The van der Waals surface area contributed by atoms with Crippen LogP contribution in [-0.2, 0) is 13.2 Å². The third-order valence-corrected chi connectivity index (χ3v) is 4.97. The van der Waals surface area contributed by atoms with Gasteiger partial charge in [0.2, 0.25) is 0 Å². The summed E-state index contributed by atoms with van der Waals surface area (Å²) in [6.45, 7) is 3.18. The summed E-state index contributed by atoms with van der Waals surface area (Å²) in [7, 11) is 0. The summed E-state index contributed by atoms with van der Waals surface area (Å²) in [6, 6.07) is 26.8. The van der Waals surface area contributed by atoms with Crippen molar-refractivity contribution in [2.45, 2.75) is 25.6 Å². The van der Waals surface area contributed by atoms with E-state index in [9.17, 15) is 0 Å². The fraction of sp³-hybridized carbons (Fsp3) is 0.250. The van der Waals surface area contributed by atoms with Gasteiger partial charge in [0.25, 0.3) is 0 Å². The highest BCUT2D eigenvalue weighted by molar-refractivity contribution is 5.44. The minimum atomic E-state index is 0.535. The second kappa shape index (κ2) is 8.74. The average molecular weight is 359 g/mol. The fourth-order valence-electron chi connectivity index (χ4n) is 3.42. The zero-order chi connectivity index (χ0) is 18.3. The number of benzene rings is 3. The second-order valence-electron chi connectivity index (χ2n) is 6.94. The smallest absolute Gasteiger partial charge is 0.161 e. The molecule has 1 aliphatic heterocycles. The first-order chi connectivity index (χ1) is 13.4. The summed E-state index contributed by atoms with van der Waals surface area (Å²) in [5.74, 6) is 2.16. The van der Waals surface area contributed by atoms with Gasteiger partial charge in [-0.05, 0) is 47.7 Å². The zero-order valence-corrected chi connectivity index (χ0v) is 15.4. The van der Waals surface area contributed by atoms with E-state index in [4.69, 9.17) is 9.47 Å². The minimum Gasteiger partial charge on any atom is -0.485 e. The Labute approximate surface area is 161 Å². The molecular weight excluding hydrogens is 334 g/mol. The Morgan fingerprint density at radius 2 is 1.37 bits per heavy atom. The van der Waals surface area contributed by atoms with Crippen LogP contribution in [0.1, 0.15) is 29.0 Å². The van der Waals surface area contributed by atoms with Crippen LogP contribution in [-0.4, -0.2) is 13.1 Å². The Morgan fingerprint density at radius 1 is 0.741 bits per heavy atom. The van der Waals surface area contributed by atoms with Crippen LogP contribution in [0.2, 0.25) is 0 Å². The molecule has 0 spiro atoms. The van der Waals surface area contributed by atoms with Crippen molar-refractivity contribution in [1.82, 2.24) is 5.32 Å². The number of ether oxygens (including phenoxy) is 2. The molecule has 0 bridgehead atoms. The van der Waals surface area contributed by atoms with E-state index in [0.717, 1.165) is 35.7 Å². The molecule has 1 unspecified atom stereocenters. The fourth-order valence-corrected chi connectivity index (χ4v) is 3.42. The number of hydrogen-bond donors (Lipinski definition) is 1. The van der Waals surface area contributed by atoms with Gasteiger partial charge in [-0.15, -0.1) is 0 Å². The van der Waals surface area contributed by atoms with Crippen molar-refractivity contribution in [2.24, 2.45) is 0 Å². The first kappa shape index (κ1) is 17.6. The van der Waals surface area contributed by atoms with Crippen LogP contribution in [0.5, 0.6) is 11.5 Å². The van der Waals surface area contributed by atoms with E-state index < -0.39 is 0 Å². The van der Waals surface area contributed by atoms with E-state index in [1.165, 1.54) is 12.0 Å². The maximum Gasteiger partial charge on any atom is 0.161 e. The van der Waals surface area contributed by atoms with Gasteiger partial charge in [0.15, 0.2) is 11.5 Å². The van der Waals surface area contributed by atoms with Crippen molar-refractivity contribution in [3.63, 3.8) is 0 Å². The molecule has 0 radical (unpaired) electrons. The molecule has 1 N–H and O–H groups in total. The minimum absolute atomic E-state index is 0.535. The molecule has 1 heterocycles. The van der Waals surface area contributed by atoms with Gasteiger partial charge in [-0.1, -0.05) is 66.7 Å². The van der Waals surface area contributed by atoms with E-state index in [-0.39, 0.29) is 0 Å². The molecule has 0 saturated carbocycles. The Morgan fingerprint density at radius 3 is 1.96 bits per heavy atom. The Hall–Kier alpha value is -2.78. The van der Waals surface area contributed by atoms with Crippen LogP contribution in [0.25, 0.3) is 0 Å². The number of nitrogens with one attached hydrogen (secondary N) is 1. The molecule has 3 aromatic rings. The van der Waals surface area contributed by atoms with Crippen LogP contribution < -0.4 is 14.8 Å². The van der Waals surface area contributed by atoms with E-state index in [1.807, 2.05) is 36.4 Å². The van der Waals surface area contributed by atoms with Gasteiger partial charge < -0.3 is 14.8 Å². The summed E-state index contributed by atoms with van der Waals surface area (Å²) in [4.78, 5) is 0. The van der Waals surface area contributed by atoms with Gasteiger partial charge in [0.1, 0.15) is 13.2 Å².